The zero-order valence-electron chi connectivity index (χ0n) is 20.4. The standard InChI is InChI=1S/C16H22N2O.C7H7F.2C2H6/c1-11(2)15-9-13-6-4-5-7-14(13)10-18(15)16(19)8-12(3)17;1-6-4-2-3-5-7(6)8;2*1-2/h4-7,12,15H,1,8-10,17H2,2-3H3;2-5H,1H3;2*1-2H3/t12?,15-;;;/m0.../s1. The lowest BCUT2D eigenvalue weighted by molar-refractivity contribution is -0.134. The van der Waals surface area contributed by atoms with Gasteiger partial charge in [-0.3, -0.25) is 4.79 Å². The predicted molar refractivity (Wildman–Crippen MR) is 131 cm³/mol. The van der Waals surface area contributed by atoms with E-state index >= 15 is 0 Å². The molecule has 0 aromatic heterocycles. The molecule has 2 aromatic carbocycles. The smallest absolute Gasteiger partial charge is 0.224 e. The first kappa shape index (κ1) is 28.5. The number of nitrogens with zero attached hydrogens (tertiary/aromatic N) is 1. The molecule has 1 amide bonds. The average Bonchev–Trinajstić information content (AvgIpc) is 2.77. The molecule has 1 heterocycles. The van der Waals surface area contributed by atoms with E-state index in [9.17, 15) is 9.18 Å². The summed E-state index contributed by atoms with van der Waals surface area (Å²) in [4.78, 5) is 14.3. The highest BCUT2D eigenvalue weighted by Crippen LogP contribution is 2.27. The first-order valence-corrected chi connectivity index (χ1v) is 11.3. The van der Waals surface area contributed by atoms with E-state index in [2.05, 4.69) is 18.7 Å². The summed E-state index contributed by atoms with van der Waals surface area (Å²) in [6, 6.07) is 15.0. The number of amides is 1. The summed E-state index contributed by atoms with van der Waals surface area (Å²) in [6.45, 7) is 18.3. The molecule has 0 fully saturated rings. The van der Waals surface area contributed by atoms with Gasteiger partial charge in [0.1, 0.15) is 5.82 Å². The summed E-state index contributed by atoms with van der Waals surface area (Å²) in [5.74, 6) is -0.00926. The van der Waals surface area contributed by atoms with Crippen molar-refractivity contribution in [1.29, 1.82) is 0 Å². The van der Waals surface area contributed by atoms with E-state index in [1.54, 1.807) is 19.1 Å². The molecule has 1 unspecified atom stereocenters. The second kappa shape index (κ2) is 15.4. The van der Waals surface area contributed by atoms with Crippen molar-refractivity contribution in [1.82, 2.24) is 4.90 Å². The lowest BCUT2D eigenvalue weighted by atomic mass is 9.90. The molecule has 31 heavy (non-hydrogen) atoms. The Labute approximate surface area is 189 Å². The molecule has 2 aromatic rings. The van der Waals surface area contributed by atoms with E-state index in [0.29, 0.717) is 18.5 Å². The fraction of sp³-hybridized carbons (Fsp3) is 0.444. The molecule has 1 aliphatic heterocycles. The van der Waals surface area contributed by atoms with Crippen LogP contribution in [0.1, 0.15) is 64.7 Å². The van der Waals surface area contributed by atoms with Crippen LogP contribution in [0, 0.1) is 12.7 Å². The van der Waals surface area contributed by atoms with E-state index in [0.717, 1.165) is 12.0 Å². The quantitative estimate of drug-likeness (QED) is 0.572. The Kier molecular flexibility index (Phi) is 14.1. The van der Waals surface area contributed by atoms with Gasteiger partial charge in [0.25, 0.3) is 0 Å². The molecule has 172 valence electrons. The molecule has 0 saturated carbocycles. The summed E-state index contributed by atoms with van der Waals surface area (Å²) < 4.78 is 12.3. The number of carbonyl (C=O) groups excluding carboxylic acids is 1. The Morgan fingerprint density at radius 2 is 1.61 bits per heavy atom. The highest BCUT2D eigenvalue weighted by molar-refractivity contribution is 5.78. The molecule has 3 nitrogen and oxygen atoms in total. The minimum Gasteiger partial charge on any atom is -0.331 e. The molecule has 0 saturated heterocycles. The van der Waals surface area contributed by atoms with Crippen molar-refractivity contribution < 1.29 is 9.18 Å². The van der Waals surface area contributed by atoms with Crippen LogP contribution in [0.3, 0.4) is 0 Å². The van der Waals surface area contributed by atoms with Crippen molar-refractivity contribution in [3.63, 3.8) is 0 Å². The van der Waals surface area contributed by atoms with Gasteiger partial charge in [0.15, 0.2) is 0 Å². The third kappa shape index (κ3) is 9.48. The Morgan fingerprint density at radius 1 is 1.10 bits per heavy atom. The Morgan fingerprint density at radius 3 is 2.06 bits per heavy atom. The van der Waals surface area contributed by atoms with Crippen LogP contribution in [0.15, 0.2) is 60.7 Å². The summed E-state index contributed by atoms with van der Waals surface area (Å²) in [5, 5.41) is 0. The van der Waals surface area contributed by atoms with Gasteiger partial charge in [-0.05, 0) is 49.9 Å². The van der Waals surface area contributed by atoms with Crippen molar-refractivity contribution in [3.8, 4) is 0 Å². The normalized spacial score (nSPS) is 14.9. The first-order valence-electron chi connectivity index (χ1n) is 11.3. The molecule has 4 heteroatoms. The largest absolute Gasteiger partial charge is 0.331 e. The van der Waals surface area contributed by atoms with Crippen molar-refractivity contribution in [2.24, 2.45) is 5.73 Å². The predicted octanol–water partition coefficient (Wildman–Crippen LogP) is 6.44. The number of benzene rings is 2. The maximum Gasteiger partial charge on any atom is 0.224 e. The fourth-order valence-corrected chi connectivity index (χ4v) is 3.17. The fourth-order valence-electron chi connectivity index (χ4n) is 3.17. The molecule has 2 N–H and O–H groups in total. The number of hydrogen-bond acceptors (Lipinski definition) is 2. The third-order valence-corrected chi connectivity index (χ3v) is 4.71. The van der Waals surface area contributed by atoms with Crippen molar-refractivity contribution >= 4 is 5.91 Å². The molecule has 0 bridgehead atoms. The minimum atomic E-state index is -0.132. The van der Waals surface area contributed by atoms with Crippen molar-refractivity contribution in [2.45, 2.75) is 79.9 Å². The molecule has 3 rings (SSSR count). The van der Waals surface area contributed by atoms with Crippen LogP contribution < -0.4 is 5.73 Å². The second-order valence-electron chi connectivity index (χ2n) is 7.29. The maximum absolute atomic E-state index is 12.3. The van der Waals surface area contributed by atoms with Crippen molar-refractivity contribution in [3.05, 3.63) is 83.2 Å². The number of aryl methyl sites for hydroxylation is 1. The van der Waals surface area contributed by atoms with Crippen LogP contribution in [0.4, 0.5) is 4.39 Å². The van der Waals surface area contributed by atoms with Crippen molar-refractivity contribution in [2.75, 3.05) is 0 Å². The van der Waals surface area contributed by atoms with Crippen LogP contribution in [-0.4, -0.2) is 22.9 Å². The van der Waals surface area contributed by atoms with Gasteiger partial charge >= 0.3 is 0 Å². The van der Waals surface area contributed by atoms with Gasteiger partial charge in [-0.2, -0.15) is 0 Å². The highest BCUT2D eigenvalue weighted by atomic mass is 19.1. The number of fused-ring (bicyclic) bond motifs is 1. The Hall–Kier alpha value is -2.46. The lowest BCUT2D eigenvalue weighted by Crippen LogP contribution is -2.46. The first-order chi connectivity index (χ1) is 14.8. The topological polar surface area (TPSA) is 46.3 Å². The number of halogens is 1. The summed E-state index contributed by atoms with van der Waals surface area (Å²) in [6.07, 6.45) is 1.25. The monoisotopic (exact) mass is 428 g/mol. The number of hydrogen-bond donors (Lipinski definition) is 1. The zero-order valence-corrected chi connectivity index (χ0v) is 20.4. The second-order valence-corrected chi connectivity index (χ2v) is 7.29. The van der Waals surface area contributed by atoms with E-state index < -0.39 is 0 Å². The van der Waals surface area contributed by atoms with Gasteiger partial charge in [0.2, 0.25) is 5.91 Å². The maximum atomic E-state index is 12.3. The lowest BCUT2D eigenvalue weighted by Gasteiger charge is -2.38. The molecule has 0 aliphatic carbocycles. The van der Waals surface area contributed by atoms with E-state index in [1.807, 2.05) is 64.6 Å². The summed E-state index contributed by atoms with van der Waals surface area (Å²) in [7, 11) is 0. The van der Waals surface area contributed by atoms with Crippen LogP contribution in [0.2, 0.25) is 0 Å². The van der Waals surface area contributed by atoms with Gasteiger partial charge in [0, 0.05) is 19.0 Å². The van der Waals surface area contributed by atoms with E-state index in [-0.39, 0.29) is 23.8 Å². The third-order valence-electron chi connectivity index (χ3n) is 4.71. The van der Waals surface area contributed by atoms with Gasteiger partial charge in [-0.1, -0.05) is 82.3 Å². The molecule has 2 atom stereocenters. The molecule has 0 radical (unpaired) electrons. The summed E-state index contributed by atoms with van der Waals surface area (Å²) >= 11 is 0. The Balaban J connectivity index is 0.000000625. The average molecular weight is 429 g/mol. The minimum absolute atomic E-state index is 0.0983. The highest BCUT2D eigenvalue weighted by Gasteiger charge is 2.30. The van der Waals surface area contributed by atoms with Crippen LogP contribution in [0.25, 0.3) is 0 Å². The number of rotatable bonds is 3. The molecular weight excluding hydrogens is 387 g/mol. The Bertz CT molecular complexity index is 780. The summed E-state index contributed by atoms with van der Waals surface area (Å²) in [5.41, 5.74) is 10.0. The SMILES string of the molecule is C=C(C)[C@@H]1Cc2ccccc2CN1C(=O)CC(C)N.CC.CC.Cc1ccccc1F. The number of nitrogens with two attached hydrogens (primary N) is 1. The van der Waals surface area contributed by atoms with Crippen LogP contribution in [0.5, 0.6) is 0 Å². The van der Waals surface area contributed by atoms with Gasteiger partial charge in [0.05, 0.1) is 6.04 Å². The molecule has 0 spiro atoms. The molecule has 1 aliphatic rings. The van der Waals surface area contributed by atoms with E-state index in [4.69, 9.17) is 5.73 Å². The van der Waals surface area contributed by atoms with Gasteiger partial charge in [-0.25, -0.2) is 4.39 Å². The van der Waals surface area contributed by atoms with Crippen LogP contribution in [-0.2, 0) is 17.8 Å². The number of carbonyl (C=O) groups is 1. The molecular formula is C27H41FN2O. The van der Waals surface area contributed by atoms with Crippen LogP contribution >= 0.6 is 0 Å². The van der Waals surface area contributed by atoms with Gasteiger partial charge < -0.3 is 10.6 Å². The van der Waals surface area contributed by atoms with Gasteiger partial charge in [-0.15, -0.1) is 0 Å². The van der Waals surface area contributed by atoms with E-state index in [1.165, 1.54) is 17.2 Å². The zero-order chi connectivity index (χ0) is 24.0.